The average Bonchev–Trinajstić information content (AvgIpc) is 2.74. The van der Waals surface area contributed by atoms with Crippen molar-refractivity contribution >= 4 is 22.6 Å². The maximum Gasteiger partial charge on any atom is 0.330 e. The Morgan fingerprint density at radius 2 is 2.37 bits per heavy atom. The zero-order valence-corrected chi connectivity index (χ0v) is 11.8. The number of aliphatic hydroxyl groups excluding tert-OH is 1. The Kier molecular flexibility index (Phi) is 4.38. The fourth-order valence-electron chi connectivity index (χ4n) is 1.86. The lowest BCUT2D eigenvalue weighted by molar-refractivity contribution is -0.0356. The van der Waals surface area contributed by atoms with Crippen LogP contribution in [0.3, 0.4) is 0 Å². The number of hydrogen-bond donors (Lipinski definition) is 2. The van der Waals surface area contributed by atoms with E-state index in [0.717, 1.165) is 4.57 Å². The van der Waals surface area contributed by atoms with Gasteiger partial charge in [-0.15, -0.1) is 0 Å². The molecule has 0 bridgehead atoms. The minimum Gasteiger partial charge on any atom is -0.394 e. The van der Waals surface area contributed by atoms with E-state index in [9.17, 15) is 14.0 Å². The summed E-state index contributed by atoms with van der Waals surface area (Å²) in [5.41, 5.74) is -1.20. The van der Waals surface area contributed by atoms with E-state index in [1.54, 1.807) is 22.6 Å². The van der Waals surface area contributed by atoms with Gasteiger partial charge in [-0.3, -0.25) is 14.3 Å². The van der Waals surface area contributed by atoms with E-state index < -0.39 is 36.4 Å². The van der Waals surface area contributed by atoms with Crippen molar-refractivity contribution < 1.29 is 14.2 Å². The van der Waals surface area contributed by atoms with Crippen LogP contribution in [0.2, 0.25) is 0 Å². The molecule has 1 aromatic heterocycles. The van der Waals surface area contributed by atoms with Crippen LogP contribution in [0.4, 0.5) is 4.39 Å². The maximum atomic E-state index is 13.5. The Bertz CT molecular complexity index is 645. The van der Waals surface area contributed by atoms with Crippen molar-refractivity contribution in [1.82, 2.24) is 9.55 Å². The maximum absolute atomic E-state index is 13.5. The molecule has 0 spiro atoms. The largest absolute Gasteiger partial charge is 0.394 e. The van der Waals surface area contributed by atoms with Crippen LogP contribution in [0.25, 0.3) is 0 Å². The van der Waals surface area contributed by atoms with Crippen LogP contribution in [0.1, 0.15) is 18.2 Å². The normalized spacial score (nSPS) is 25.9. The van der Waals surface area contributed by atoms with Gasteiger partial charge in [0, 0.05) is 35.2 Å². The van der Waals surface area contributed by atoms with Crippen molar-refractivity contribution in [1.29, 1.82) is 0 Å². The van der Waals surface area contributed by atoms with Crippen molar-refractivity contribution in [3.8, 4) is 9.85 Å². The minimum atomic E-state index is -1.35. The van der Waals surface area contributed by atoms with Gasteiger partial charge in [-0.25, -0.2) is 9.18 Å². The quantitative estimate of drug-likeness (QED) is 0.555. The molecule has 0 radical (unpaired) electrons. The highest BCUT2D eigenvalue weighted by Crippen LogP contribution is 2.29. The first-order chi connectivity index (χ1) is 9.06. The number of rotatable bonds is 2. The molecule has 8 heteroatoms. The van der Waals surface area contributed by atoms with Gasteiger partial charge in [-0.2, -0.15) is 0 Å². The molecular weight excluding hydrogens is 370 g/mol. The Hall–Kier alpha value is -1.18. The number of halogens is 2. The van der Waals surface area contributed by atoms with Gasteiger partial charge in [0.25, 0.3) is 5.56 Å². The van der Waals surface area contributed by atoms with Crippen molar-refractivity contribution in [3.05, 3.63) is 32.6 Å². The molecule has 1 aliphatic heterocycles. The fourth-order valence-corrected chi connectivity index (χ4v) is 2.15. The summed E-state index contributed by atoms with van der Waals surface area (Å²) in [5, 5.41) is 8.92. The lowest BCUT2D eigenvalue weighted by atomic mass is 10.2. The molecule has 1 fully saturated rings. The van der Waals surface area contributed by atoms with E-state index in [4.69, 9.17) is 9.84 Å². The standard InChI is InChI=1S/C11H10FIN2O4/c12-7-3-9(19-8(7)5-16)15-4-6(1-2-13)10(17)14-11(15)18/h4,7-9,16H,3,5H2,(H,14,17,18)/t7-,8+,9+/m0/s1. The molecule has 3 atom stereocenters. The third kappa shape index (κ3) is 2.88. The van der Waals surface area contributed by atoms with E-state index in [2.05, 4.69) is 14.8 Å². The van der Waals surface area contributed by atoms with Crippen LogP contribution in [-0.4, -0.2) is 33.5 Å². The van der Waals surface area contributed by atoms with E-state index in [-0.39, 0.29) is 12.0 Å². The highest BCUT2D eigenvalue weighted by Gasteiger charge is 2.36. The number of hydrogen-bond acceptors (Lipinski definition) is 4. The summed E-state index contributed by atoms with van der Waals surface area (Å²) in [6.45, 7) is -0.462. The summed E-state index contributed by atoms with van der Waals surface area (Å²) < 4.78 is 22.3. The van der Waals surface area contributed by atoms with Crippen molar-refractivity contribution in [2.75, 3.05) is 6.61 Å². The molecule has 1 aromatic rings. The first-order valence-electron chi connectivity index (χ1n) is 5.44. The van der Waals surface area contributed by atoms with Gasteiger partial charge >= 0.3 is 5.69 Å². The fraction of sp³-hybridized carbons (Fsp3) is 0.455. The molecule has 6 nitrogen and oxygen atoms in total. The predicted octanol–water partition coefficient (Wildman–Crippen LogP) is -0.102. The van der Waals surface area contributed by atoms with Gasteiger partial charge in [0.05, 0.1) is 6.61 Å². The smallest absolute Gasteiger partial charge is 0.330 e. The van der Waals surface area contributed by atoms with Crippen molar-refractivity contribution in [3.63, 3.8) is 0 Å². The Morgan fingerprint density at radius 3 is 2.95 bits per heavy atom. The molecule has 2 rings (SSSR count). The molecular formula is C11H10FIN2O4. The summed E-state index contributed by atoms with van der Waals surface area (Å²) in [5.74, 6) is 2.54. The Balaban J connectivity index is 2.40. The van der Waals surface area contributed by atoms with Gasteiger partial charge in [0.15, 0.2) is 0 Å². The summed E-state index contributed by atoms with van der Waals surface area (Å²) in [4.78, 5) is 25.2. The Labute approximate surface area is 120 Å². The van der Waals surface area contributed by atoms with Crippen LogP contribution in [-0.2, 0) is 4.74 Å². The van der Waals surface area contributed by atoms with Gasteiger partial charge in [-0.1, -0.05) is 0 Å². The molecule has 1 saturated heterocycles. The highest BCUT2D eigenvalue weighted by molar-refractivity contribution is 14.1. The van der Waals surface area contributed by atoms with Crippen LogP contribution in [0.15, 0.2) is 15.8 Å². The molecule has 0 unspecified atom stereocenters. The number of aliphatic hydroxyl groups is 1. The van der Waals surface area contributed by atoms with Crippen LogP contribution < -0.4 is 11.2 Å². The molecule has 1 aliphatic rings. The predicted molar refractivity (Wildman–Crippen MR) is 72.7 cm³/mol. The second-order valence-electron chi connectivity index (χ2n) is 3.99. The number of alkyl halides is 1. The van der Waals surface area contributed by atoms with Crippen LogP contribution in [0, 0.1) is 9.85 Å². The van der Waals surface area contributed by atoms with Gasteiger partial charge in [0.1, 0.15) is 24.1 Å². The molecule has 2 N–H and O–H groups in total. The van der Waals surface area contributed by atoms with E-state index in [0.29, 0.717) is 0 Å². The van der Waals surface area contributed by atoms with Gasteiger partial charge in [0.2, 0.25) is 0 Å². The zero-order valence-electron chi connectivity index (χ0n) is 9.60. The van der Waals surface area contributed by atoms with E-state index in [1.165, 1.54) is 6.20 Å². The summed E-state index contributed by atoms with van der Waals surface area (Å²) in [6, 6.07) is 0. The van der Waals surface area contributed by atoms with Crippen molar-refractivity contribution in [2.24, 2.45) is 0 Å². The number of aromatic amines is 1. The molecule has 0 aromatic carbocycles. The first kappa shape index (κ1) is 14.2. The third-order valence-electron chi connectivity index (χ3n) is 2.80. The average molecular weight is 380 g/mol. The Morgan fingerprint density at radius 1 is 1.63 bits per heavy atom. The number of nitrogens with zero attached hydrogens (tertiary/aromatic N) is 1. The second kappa shape index (κ2) is 5.85. The molecule has 0 amide bonds. The molecule has 2 heterocycles. The summed E-state index contributed by atoms with van der Waals surface area (Å²) >= 11 is 1.76. The molecule has 102 valence electrons. The highest BCUT2D eigenvalue weighted by atomic mass is 127. The van der Waals surface area contributed by atoms with E-state index in [1.807, 2.05) is 0 Å². The lowest BCUT2D eigenvalue weighted by Crippen LogP contribution is -2.33. The van der Waals surface area contributed by atoms with Gasteiger partial charge in [-0.05, 0) is 9.85 Å². The second-order valence-corrected chi connectivity index (χ2v) is 4.53. The summed E-state index contributed by atoms with van der Waals surface area (Å²) in [6.07, 6.45) is -1.99. The van der Waals surface area contributed by atoms with Gasteiger partial charge < -0.3 is 9.84 Å². The number of aromatic nitrogens is 2. The monoisotopic (exact) mass is 380 g/mol. The van der Waals surface area contributed by atoms with Crippen molar-refractivity contribution in [2.45, 2.75) is 24.9 Å². The topological polar surface area (TPSA) is 84.3 Å². The minimum absolute atomic E-state index is 0.0612. The first-order valence-corrected chi connectivity index (χ1v) is 6.52. The molecule has 0 aliphatic carbocycles. The number of nitrogens with one attached hydrogen (secondary N) is 1. The number of H-pyrrole nitrogens is 1. The molecule has 19 heavy (non-hydrogen) atoms. The van der Waals surface area contributed by atoms with Crippen LogP contribution >= 0.6 is 22.6 Å². The zero-order chi connectivity index (χ0) is 14.0. The summed E-state index contributed by atoms with van der Waals surface area (Å²) in [7, 11) is 0. The number of ether oxygens (including phenoxy) is 1. The third-order valence-corrected chi connectivity index (χ3v) is 3.07. The van der Waals surface area contributed by atoms with Crippen LogP contribution in [0.5, 0.6) is 0 Å². The molecule has 0 saturated carbocycles. The van der Waals surface area contributed by atoms with E-state index >= 15 is 0 Å². The lowest BCUT2D eigenvalue weighted by Gasteiger charge is -2.14. The SMILES string of the molecule is O=c1[nH]c(=O)n([C@H]2C[C@H](F)[C@@H](CO)O2)cc1C#CI.